The second-order valence-electron chi connectivity index (χ2n) is 8.14. The Hall–Kier alpha value is -0.980. The third-order valence-electron chi connectivity index (χ3n) is 5.26. The van der Waals surface area contributed by atoms with Crippen LogP contribution in [-0.4, -0.2) is 59.5 Å². The molecular weight excluding hydrogens is 320 g/mol. The lowest BCUT2D eigenvalue weighted by Crippen LogP contribution is -2.46. The number of thiazole rings is 1. The third kappa shape index (κ3) is 4.55. The maximum absolute atomic E-state index is 12.6. The molecule has 2 atom stereocenters. The molecule has 0 aromatic carbocycles. The number of carbonyl (C=O) groups is 1. The minimum Gasteiger partial charge on any atom is -0.352 e. The summed E-state index contributed by atoms with van der Waals surface area (Å²) in [6, 6.07) is 0.352. The molecule has 2 fully saturated rings. The van der Waals surface area contributed by atoms with E-state index in [0.717, 1.165) is 51.9 Å². The largest absolute Gasteiger partial charge is 0.352 e. The Bertz CT molecular complexity index is 545. The van der Waals surface area contributed by atoms with E-state index in [1.807, 2.05) is 11.6 Å². The van der Waals surface area contributed by atoms with Crippen LogP contribution in [0.25, 0.3) is 0 Å². The lowest BCUT2D eigenvalue weighted by atomic mass is 9.85. The third-order valence-corrected chi connectivity index (χ3v) is 6.02. The van der Waals surface area contributed by atoms with Crippen LogP contribution >= 0.6 is 11.3 Å². The summed E-state index contributed by atoms with van der Waals surface area (Å²) < 4.78 is 0. The van der Waals surface area contributed by atoms with E-state index in [1.165, 1.54) is 5.01 Å². The van der Waals surface area contributed by atoms with E-state index < -0.39 is 0 Å². The first kappa shape index (κ1) is 17.8. The summed E-state index contributed by atoms with van der Waals surface area (Å²) in [7, 11) is 2.06. The van der Waals surface area contributed by atoms with Crippen LogP contribution in [0.1, 0.15) is 44.5 Å². The lowest BCUT2D eigenvalue weighted by Gasteiger charge is -2.30. The highest BCUT2D eigenvalue weighted by Crippen LogP contribution is 2.29. The molecular formula is C18H30N4OS. The number of carbonyl (C=O) groups excluding carboxylic acids is 1. The average molecular weight is 351 g/mol. The van der Waals surface area contributed by atoms with Crippen LogP contribution in [0.15, 0.2) is 11.6 Å². The van der Waals surface area contributed by atoms with E-state index in [4.69, 9.17) is 0 Å². The summed E-state index contributed by atoms with van der Waals surface area (Å²) in [5.74, 6) is 0.226. The van der Waals surface area contributed by atoms with Crippen molar-refractivity contribution in [1.29, 1.82) is 0 Å². The first-order chi connectivity index (χ1) is 11.4. The van der Waals surface area contributed by atoms with Crippen molar-refractivity contribution in [3.05, 3.63) is 16.6 Å². The normalized spacial score (nSPS) is 28.6. The van der Waals surface area contributed by atoms with Gasteiger partial charge >= 0.3 is 0 Å². The fourth-order valence-electron chi connectivity index (χ4n) is 4.18. The number of nitrogens with zero attached hydrogens (tertiary/aromatic N) is 3. The molecule has 1 amide bonds. The van der Waals surface area contributed by atoms with Gasteiger partial charge in [0.05, 0.1) is 12.6 Å². The van der Waals surface area contributed by atoms with E-state index in [2.05, 4.69) is 41.0 Å². The SMILES string of the molecule is CN1CCC[C@@H]1C(=O)NC1CCN(Cc2nccs2)CC(C)(C)C1. The van der Waals surface area contributed by atoms with Crippen LogP contribution < -0.4 is 5.32 Å². The Morgan fingerprint density at radius 1 is 1.42 bits per heavy atom. The zero-order valence-corrected chi connectivity index (χ0v) is 15.9. The molecule has 2 aliphatic heterocycles. The van der Waals surface area contributed by atoms with Crippen molar-refractivity contribution < 1.29 is 4.79 Å². The van der Waals surface area contributed by atoms with Gasteiger partial charge in [0.2, 0.25) is 5.91 Å². The highest BCUT2D eigenvalue weighted by atomic mass is 32.1. The quantitative estimate of drug-likeness (QED) is 0.905. The fraction of sp³-hybridized carbons (Fsp3) is 0.778. The predicted molar refractivity (Wildman–Crippen MR) is 98.0 cm³/mol. The number of hydrogen-bond acceptors (Lipinski definition) is 5. The molecule has 6 heteroatoms. The van der Waals surface area contributed by atoms with Gasteiger partial charge in [0.15, 0.2) is 0 Å². The molecule has 5 nitrogen and oxygen atoms in total. The molecule has 134 valence electrons. The standard InChI is InChI=1S/C18H30N4OS/c1-18(2)11-14(20-17(23)15-5-4-8-21(15)3)6-9-22(13-18)12-16-19-7-10-24-16/h7,10,14-15H,4-6,8-9,11-13H2,1-3H3,(H,20,23)/t14?,15-/m1/s1. The van der Waals surface area contributed by atoms with Gasteiger partial charge in [-0.1, -0.05) is 13.8 Å². The summed E-state index contributed by atoms with van der Waals surface area (Å²) in [5, 5.41) is 6.57. The van der Waals surface area contributed by atoms with Gasteiger partial charge in [-0.15, -0.1) is 11.3 Å². The summed E-state index contributed by atoms with van der Waals surface area (Å²) >= 11 is 1.72. The minimum atomic E-state index is 0.0720. The molecule has 0 saturated carbocycles. The topological polar surface area (TPSA) is 48.5 Å². The van der Waals surface area contributed by atoms with E-state index in [-0.39, 0.29) is 23.4 Å². The van der Waals surface area contributed by atoms with Gasteiger partial charge in [0.25, 0.3) is 0 Å². The average Bonchev–Trinajstić information content (AvgIpc) is 3.12. The Kier molecular flexibility index (Phi) is 5.57. The summed E-state index contributed by atoms with van der Waals surface area (Å²) in [6.45, 7) is 8.67. The second kappa shape index (κ2) is 7.50. The second-order valence-corrected chi connectivity index (χ2v) is 9.12. The number of likely N-dealkylation sites (tertiary alicyclic amines) is 2. The van der Waals surface area contributed by atoms with Crippen LogP contribution in [0.3, 0.4) is 0 Å². The molecule has 2 aliphatic rings. The number of rotatable bonds is 4. The Morgan fingerprint density at radius 3 is 2.92 bits per heavy atom. The minimum absolute atomic E-state index is 0.0720. The van der Waals surface area contributed by atoms with Crippen LogP contribution in [0, 0.1) is 5.41 Å². The smallest absolute Gasteiger partial charge is 0.237 e. The van der Waals surface area contributed by atoms with Crippen molar-refractivity contribution in [1.82, 2.24) is 20.1 Å². The van der Waals surface area contributed by atoms with Crippen LogP contribution in [0.5, 0.6) is 0 Å². The molecule has 1 aromatic heterocycles. The van der Waals surface area contributed by atoms with Crippen molar-refractivity contribution in [3.63, 3.8) is 0 Å². The van der Waals surface area contributed by atoms with Gasteiger partial charge < -0.3 is 5.32 Å². The van der Waals surface area contributed by atoms with E-state index in [9.17, 15) is 4.79 Å². The molecule has 1 aromatic rings. The lowest BCUT2D eigenvalue weighted by molar-refractivity contribution is -0.125. The van der Waals surface area contributed by atoms with Crippen LogP contribution in [0.4, 0.5) is 0 Å². The summed E-state index contributed by atoms with van der Waals surface area (Å²) in [6.07, 6.45) is 6.07. The Labute approximate surface area is 149 Å². The van der Waals surface area contributed by atoms with Gasteiger partial charge in [-0.3, -0.25) is 14.6 Å². The maximum Gasteiger partial charge on any atom is 0.237 e. The fourth-order valence-corrected chi connectivity index (χ4v) is 4.83. The Balaban J connectivity index is 1.58. The van der Waals surface area contributed by atoms with Crippen molar-refractivity contribution in [3.8, 4) is 0 Å². The molecule has 24 heavy (non-hydrogen) atoms. The number of amides is 1. The van der Waals surface area contributed by atoms with Gasteiger partial charge in [-0.25, -0.2) is 4.98 Å². The first-order valence-electron chi connectivity index (χ1n) is 9.04. The van der Waals surface area contributed by atoms with Crippen molar-refractivity contribution in [2.75, 3.05) is 26.7 Å². The molecule has 0 radical (unpaired) electrons. The number of hydrogen-bond donors (Lipinski definition) is 1. The summed E-state index contributed by atoms with van der Waals surface area (Å²) in [5.41, 5.74) is 0.202. The van der Waals surface area contributed by atoms with Crippen LogP contribution in [-0.2, 0) is 11.3 Å². The Morgan fingerprint density at radius 2 is 2.25 bits per heavy atom. The number of likely N-dealkylation sites (N-methyl/N-ethyl adjacent to an activating group) is 1. The van der Waals surface area contributed by atoms with Gasteiger partial charge in [-0.2, -0.15) is 0 Å². The van der Waals surface area contributed by atoms with Crippen molar-refractivity contribution in [2.24, 2.45) is 5.41 Å². The molecule has 3 rings (SSSR count). The molecule has 2 saturated heterocycles. The number of nitrogens with one attached hydrogen (secondary N) is 1. The zero-order chi connectivity index (χ0) is 17.2. The van der Waals surface area contributed by atoms with E-state index >= 15 is 0 Å². The highest BCUT2D eigenvalue weighted by Gasteiger charge is 2.34. The van der Waals surface area contributed by atoms with E-state index in [1.54, 1.807) is 11.3 Å². The first-order valence-corrected chi connectivity index (χ1v) is 9.92. The molecule has 1 unspecified atom stereocenters. The zero-order valence-electron chi connectivity index (χ0n) is 15.1. The van der Waals surface area contributed by atoms with Crippen molar-refractivity contribution in [2.45, 2.75) is 58.2 Å². The predicted octanol–water partition coefficient (Wildman–Crippen LogP) is 2.34. The molecule has 3 heterocycles. The molecule has 0 bridgehead atoms. The van der Waals surface area contributed by atoms with Crippen molar-refractivity contribution >= 4 is 17.2 Å². The van der Waals surface area contributed by atoms with E-state index in [0.29, 0.717) is 0 Å². The monoisotopic (exact) mass is 350 g/mol. The number of aromatic nitrogens is 1. The maximum atomic E-state index is 12.6. The van der Waals surface area contributed by atoms with Gasteiger partial charge in [0.1, 0.15) is 5.01 Å². The molecule has 0 aliphatic carbocycles. The van der Waals surface area contributed by atoms with Crippen LogP contribution in [0.2, 0.25) is 0 Å². The molecule has 1 N–H and O–H groups in total. The summed E-state index contributed by atoms with van der Waals surface area (Å²) in [4.78, 5) is 21.7. The van der Waals surface area contributed by atoms with Gasteiger partial charge in [-0.05, 0) is 44.7 Å². The molecule has 0 spiro atoms. The highest BCUT2D eigenvalue weighted by molar-refractivity contribution is 7.09. The van der Waals surface area contributed by atoms with Gasteiger partial charge in [0, 0.05) is 30.7 Å².